The maximum Gasteiger partial charge on any atom is 0.267 e. The summed E-state index contributed by atoms with van der Waals surface area (Å²) < 4.78 is 0.831. The molecular weight excluding hydrogens is 413 g/mol. The zero-order valence-corrected chi connectivity index (χ0v) is 15.6. The average molecular weight is 425 g/mol. The van der Waals surface area contributed by atoms with Gasteiger partial charge in [-0.1, -0.05) is 29.3 Å². The summed E-state index contributed by atoms with van der Waals surface area (Å²) in [5.41, 5.74) is 2.12. The Morgan fingerprint density at radius 3 is 2.54 bits per heavy atom. The third-order valence-corrected chi connectivity index (χ3v) is 4.24. The van der Waals surface area contributed by atoms with Crippen LogP contribution in [0, 0.1) is 18.3 Å². The number of halogens is 3. The number of carbonyl (C=O) groups excluding carboxylic acids is 1. The van der Waals surface area contributed by atoms with Crippen molar-refractivity contribution < 1.29 is 4.79 Å². The van der Waals surface area contributed by atoms with Gasteiger partial charge < -0.3 is 10.6 Å². The van der Waals surface area contributed by atoms with Crippen LogP contribution >= 0.6 is 39.1 Å². The summed E-state index contributed by atoms with van der Waals surface area (Å²) in [4.78, 5) is 12.2. The molecule has 0 aromatic heterocycles. The number of anilines is 2. The van der Waals surface area contributed by atoms with E-state index < -0.39 is 5.91 Å². The van der Waals surface area contributed by atoms with Crippen LogP contribution < -0.4 is 10.6 Å². The molecule has 4 nitrogen and oxygen atoms in total. The average Bonchev–Trinajstić information content (AvgIpc) is 2.52. The maximum atomic E-state index is 12.2. The molecule has 0 fully saturated rings. The van der Waals surface area contributed by atoms with Crippen molar-refractivity contribution in [2.24, 2.45) is 0 Å². The molecule has 2 N–H and O–H groups in total. The van der Waals surface area contributed by atoms with Gasteiger partial charge in [-0.25, -0.2) is 0 Å². The first-order valence-electron chi connectivity index (χ1n) is 6.80. The lowest BCUT2D eigenvalue weighted by atomic mass is 10.2. The highest BCUT2D eigenvalue weighted by Crippen LogP contribution is 2.26. The molecule has 0 saturated heterocycles. The first-order chi connectivity index (χ1) is 11.4. The molecule has 0 radical (unpaired) electrons. The van der Waals surface area contributed by atoms with Crippen LogP contribution in [0.5, 0.6) is 0 Å². The lowest BCUT2D eigenvalue weighted by molar-refractivity contribution is -0.112. The minimum Gasteiger partial charge on any atom is -0.359 e. The fourth-order valence-electron chi connectivity index (χ4n) is 1.82. The molecule has 0 atom stereocenters. The van der Waals surface area contributed by atoms with E-state index in [0.29, 0.717) is 15.7 Å². The summed E-state index contributed by atoms with van der Waals surface area (Å²) in [5.74, 6) is -0.572. The summed E-state index contributed by atoms with van der Waals surface area (Å²) in [5, 5.41) is 15.5. The van der Waals surface area contributed by atoms with E-state index in [1.165, 1.54) is 12.3 Å². The topological polar surface area (TPSA) is 64.9 Å². The van der Waals surface area contributed by atoms with Crippen molar-refractivity contribution in [2.45, 2.75) is 6.92 Å². The summed E-state index contributed by atoms with van der Waals surface area (Å²) in [6, 6.07) is 12.2. The second kappa shape index (κ2) is 8.20. The number of hydrogen-bond donors (Lipinski definition) is 2. The van der Waals surface area contributed by atoms with Gasteiger partial charge in [-0.15, -0.1) is 0 Å². The van der Waals surface area contributed by atoms with Crippen LogP contribution in [0.3, 0.4) is 0 Å². The monoisotopic (exact) mass is 423 g/mol. The van der Waals surface area contributed by atoms with Gasteiger partial charge in [-0.2, -0.15) is 5.26 Å². The number of nitrogens with zero attached hydrogens (tertiary/aromatic N) is 1. The molecule has 0 aliphatic rings. The Hall–Kier alpha value is -2.00. The van der Waals surface area contributed by atoms with Gasteiger partial charge in [0.25, 0.3) is 5.91 Å². The summed E-state index contributed by atoms with van der Waals surface area (Å²) in [6.45, 7) is 1.97. The molecule has 2 aromatic carbocycles. The molecule has 1 amide bonds. The molecule has 0 bridgehead atoms. The number of nitriles is 1. The summed E-state index contributed by atoms with van der Waals surface area (Å²) in [6.07, 6.45) is 1.34. The maximum absolute atomic E-state index is 12.2. The molecule has 0 saturated carbocycles. The van der Waals surface area contributed by atoms with E-state index in [0.717, 1.165) is 15.7 Å². The van der Waals surface area contributed by atoms with Crippen molar-refractivity contribution in [3.63, 3.8) is 0 Å². The van der Waals surface area contributed by atoms with Crippen molar-refractivity contribution in [3.05, 3.63) is 68.3 Å². The Morgan fingerprint density at radius 2 is 1.92 bits per heavy atom. The van der Waals surface area contributed by atoms with Gasteiger partial charge in [0.05, 0.1) is 16.4 Å². The quantitative estimate of drug-likeness (QED) is 0.501. The Bertz CT molecular complexity index is 859. The Kier molecular flexibility index (Phi) is 6.27. The molecule has 7 heteroatoms. The van der Waals surface area contributed by atoms with Crippen molar-refractivity contribution in [1.82, 2.24) is 0 Å². The third kappa shape index (κ3) is 4.75. The molecule has 2 aromatic rings. The number of nitrogens with one attached hydrogen (secondary N) is 2. The van der Waals surface area contributed by atoms with E-state index in [1.54, 1.807) is 12.1 Å². The Morgan fingerprint density at radius 1 is 1.21 bits per heavy atom. The van der Waals surface area contributed by atoms with Gasteiger partial charge in [0, 0.05) is 15.7 Å². The van der Waals surface area contributed by atoms with Crippen molar-refractivity contribution >= 4 is 56.4 Å². The van der Waals surface area contributed by atoms with Crippen molar-refractivity contribution in [3.8, 4) is 6.07 Å². The van der Waals surface area contributed by atoms with Gasteiger partial charge in [0.15, 0.2) is 0 Å². The van der Waals surface area contributed by atoms with Crippen LogP contribution in [-0.2, 0) is 4.79 Å². The zero-order chi connectivity index (χ0) is 17.7. The molecule has 0 aliphatic carbocycles. The predicted octanol–water partition coefficient (Wildman–Crippen LogP) is 5.52. The zero-order valence-electron chi connectivity index (χ0n) is 12.5. The van der Waals surface area contributed by atoms with Gasteiger partial charge in [-0.3, -0.25) is 4.79 Å². The molecule has 0 aliphatic heterocycles. The van der Waals surface area contributed by atoms with Crippen LogP contribution in [0.4, 0.5) is 11.4 Å². The number of aryl methyl sites for hydroxylation is 1. The number of hydrogen-bond acceptors (Lipinski definition) is 3. The SMILES string of the molecule is Cc1ccc(N/C=C(/C#N)C(=O)Nc2ccc(Cl)cc2Cl)c(Br)c1. The van der Waals surface area contributed by atoms with Gasteiger partial charge in [0.2, 0.25) is 0 Å². The second-order valence-electron chi connectivity index (χ2n) is 4.88. The van der Waals surface area contributed by atoms with E-state index in [4.69, 9.17) is 23.2 Å². The highest BCUT2D eigenvalue weighted by Gasteiger charge is 2.12. The Labute approximate surface area is 158 Å². The molecule has 24 heavy (non-hydrogen) atoms. The lowest BCUT2D eigenvalue weighted by Crippen LogP contribution is -2.14. The summed E-state index contributed by atoms with van der Waals surface area (Å²) >= 11 is 15.2. The molecular formula is C17H12BrCl2N3O. The predicted molar refractivity (Wildman–Crippen MR) is 101 cm³/mol. The van der Waals surface area contributed by atoms with Crippen molar-refractivity contribution in [1.29, 1.82) is 5.26 Å². The van der Waals surface area contributed by atoms with Crippen LogP contribution in [0.25, 0.3) is 0 Å². The van der Waals surface area contributed by atoms with Crippen LogP contribution in [0.2, 0.25) is 10.0 Å². The largest absolute Gasteiger partial charge is 0.359 e. The van der Waals surface area contributed by atoms with E-state index in [1.807, 2.05) is 31.2 Å². The molecule has 122 valence electrons. The molecule has 0 spiro atoms. The molecule has 0 heterocycles. The normalized spacial score (nSPS) is 10.9. The highest BCUT2D eigenvalue weighted by atomic mass is 79.9. The fraction of sp³-hybridized carbons (Fsp3) is 0.0588. The number of benzene rings is 2. The second-order valence-corrected chi connectivity index (χ2v) is 6.57. The smallest absolute Gasteiger partial charge is 0.267 e. The first-order valence-corrected chi connectivity index (χ1v) is 8.35. The van der Waals surface area contributed by atoms with E-state index >= 15 is 0 Å². The van der Waals surface area contributed by atoms with Gasteiger partial charge in [-0.05, 0) is 58.7 Å². The minimum atomic E-state index is -0.572. The van der Waals surface area contributed by atoms with Crippen LogP contribution in [-0.4, -0.2) is 5.91 Å². The number of amides is 1. The van der Waals surface area contributed by atoms with E-state index in [2.05, 4.69) is 26.6 Å². The van der Waals surface area contributed by atoms with Crippen molar-refractivity contribution in [2.75, 3.05) is 10.6 Å². The first kappa shape index (κ1) is 18.3. The van der Waals surface area contributed by atoms with E-state index in [9.17, 15) is 10.1 Å². The number of carbonyl (C=O) groups is 1. The molecule has 2 rings (SSSR count). The van der Waals surface area contributed by atoms with Gasteiger partial charge >= 0.3 is 0 Å². The van der Waals surface area contributed by atoms with Crippen LogP contribution in [0.1, 0.15) is 5.56 Å². The standard InChI is InChI=1S/C17H12BrCl2N3O/c1-10-2-4-15(13(18)6-10)22-9-11(8-21)17(24)23-16-5-3-12(19)7-14(16)20/h2-7,9,22H,1H3,(H,23,24)/b11-9-. The fourth-order valence-corrected chi connectivity index (χ4v) is 2.88. The van der Waals surface area contributed by atoms with Gasteiger partial charge in [0.1, 0.15) is 11.6 Å². The summed E-state index contributed by atoms with van der Waals surface area (Å²) in [7, 11) is 0. The highest BCUT2D eigenvalue weighted by molar-refractivity contribution is 9.10. The Balaban J connectivity index is 2.15. The molecule has 0 unspecified atom stereocenters. The number of rotatable bonds is 4. The van der Waals surface area contributed by atoms with Crippen LogP contribution in [0.15, 0.2) is 52.6 Å². The van der Waals surface area contributed by atoms with E-state index in [-0.39, 0.29) is 5.57 Å². The third-order valence-electron chi connectivity index (χ3n) is 3.04. The minimum absolute atomic E-state index is 0.0894. The lowest BCUT2D eigenvalue weighted by Gasteiger charge is -2.08.